The Balaban J connectivity index is 3.27. The van der Waals surface area contributed by atoms with E-state index < -0.39 is 0 Å². The molecule has 0 aromatic carbocycles. The third-order valence-electron chi connectivity index (χ3n) is 0.933. The molecule has 0 radical (unpaired) electrons. The van der Waals surface area contributed by atoms with Crippen molar-refractivity contribution < 1.29 is 0 Å². The van der Waals surface area contributed by atoms with Crippen LogP contribution < -0.4 is 0 Å². The quantitative estimate of drug-likeness (QED) is 0.382. The van der Waals surface area contributed by atoms with Gasteiger partial charge in [0.05, 0.1) is 0 Å². The van der Waals surface area contributed by atoms with Gasteiger partial charge in [0.15, 0.2) is 0 Å². The maximum Gasteiger partial charge on any atom is 0.0181 e. The molecule has 0 aromatic rings. The van der Waals surface area contributed by atoms with Crippen LogP contribution in [0.25, 0.3) is 0 Å². The van der Waals surface area contributed by atoms with Gasteiger partial charge in [-0.1, -0.05) is 29.5 Å². The predicted octanol–water partition coefficient (Wildman–Crippen LogP) is 2.47. The van der Waals surface area contributed by atoms with Crippen molar-refractivity contribution in [2.75, 3.05) is 4.43 Å². The van der Waals surface area contributed by atoms with Crippen molar-refractivity contribution in [3.8, 4) is 11.8 Å². The number of hydrogen-bond acceptors (Lipinski definition) is 0. The van der Waals surface area contributed by atoms with Crippen LogP contribution in [0.2, 0.25) is 0 Å². The first-order valence-electron chi connectivity index (χ1n) is 2.79. The third-order valence-corrected chi connectivity index (χ3v) is 1.56. The van der Waals surface area contributed by atoms with E-state index in [0.717, 1.165) is 0 Å². The molecule has 8 heavy (non-hydrogen) atoms. The first-order valence-corrected chi connectivity index (χ1v) is 4.32. The Bertz CT molecular complexity index is 96.7. The normalized spacial score (nSPS) is 11.9. The van der Waals surface area contributed by atoms with Crippen molar-refractivity contribution in [2.45, 2.75) is 20.3 Å². The molecule has 0 amide bonds. The second kappa shape index (κ2) is 5.43. The molecule has 0 nitrogen and oxygen atoms in total. The van der Waals surface area contributed by atoms with Crippen molar-refractivity contribution in [2.24, 2.45) is 5.92 Å². The zero-order valence-corrected chi connectivity index (χ0v) is 7.53. The summed E-state index contributed by atoms with van der Waals surface area (Å²) in [6.07, 6.45) is 1.22. The highest BCUT2D eigenvalue weighted by Crippen LogP contribution is 2.01. The van der Waals surface area contributed by atoms with Crippen molar-refractivity contribution in [1.82, 2.24) is 0 Å². The smallest absolute Gasteiger partial charge is 0.0181 e. The average Bonchev–Trinajstić information content (AvgIpc) is 1.68. The zero-order valence-electron chi connectivity index (χ0n) is 5.37. The van der Waals surface area contributed by atoms with Gasteiger partial charge in [-0.2, -0.15) is 0 Å². The van der Waals surface area contributed by atoms with E-state index in [2.05, 4.69) is 41.4 Å². The van der Waals surface area contributed by atoms with Gasteiger partial charge in [-0.25, -0.2) is 0 Å². The molecule has 1 atom stereocenters. The molecule has 0 heterocycles. The maximum absolute atomic E-state index is 3.09. The fraction of sp³-hybridized carbons (Fsp3) is 0.714. The minimum absolute atomic E-state index is 0.594. The molecule has 0 N–H and O–H groups in total. The topological polar surface area (TPSA) is 0 Å². The molecule has 0 aliphatic heterocycles. The molecule has 0 bridgehead atoms. The Morgan fingerprint density at radius 2 is 2.25 bits per heavy atom. The summed E-state index contributed by atoms with van der Waals surface area (Å²) in [6, 6.07) is 0. The largest absolute Gasteiger partial charge is 0.106 e. The maximum atomic E-state index is 3.09. The number of halogens is 1. The molecule has 1 heteroatoms. The summed E-state index contributed by atoms with van der Waals surface area (Å²) in [5.41, 5.74) is 0. The molecule has 0 fully saturated rings. The molecule has 0 aromatic heterocycles. The van der Waals surface area contributed by atoms with Crippen LogP contribution in [0.15, 0.2) is 0 Å². The van der Waals surface area contributed by atoms with Gasteiger partial charge in [0.1, 0.15) is 0 Å². The number of alkyl halides is 1. The van der Waals surface area contributed by atoms with Crippen molar-refractivity contribution in [1.29, 1.82) is 0 Å². The molecule has 46 valence electrons. The minimum atomic E-state index is 0.594. The zero-order chi connectivity index (χ0) is 6.41. The van der Waals surface area contributed by atoms with E-state index in [1.54, 1.807) is 0 Å². The summed E-state index contributed by atoms with van der Waals surface area (Å²) in [5, 5.41) is 0. The van der Waals surface area contributed by atoms with E-state index in [9.17, 15) is 0 Å². The lowest BCUT2D eigenvalue weighted by Crippen LogP contribution is -1.88. The third kappa shape index (κ3) is 4.45. The standard InChI is InChI=1S/C7H11I/c1-3-4-7(2)5-6-8/h7H,5-6H2,1-2H3. The SMILES string of the molecule is CC#CC(C)CCI. The minimum Gasteiger partial charge on any atom is -0.106 e. The summed E-state index contributed by atoms with van der Waals surface area (Å²) in [6.45, 7) is 4.05. The highest BCUT2D eigenvalue weighted by Gasteiger charge is 1.91. The number of rotatable bonds is 2. The molecular formula is C7H11I. The van der Waals surface area contributed by atoms with Crippen LogP contribution in [-0.2, 0) is 0 Å². The van der Waals surface area contributed by atoms with Crippen LogP contribution in [0.1, 0.15) is 20.3 Å². The van der Waals surface area contributed by atoms with Gasteiger partial charge in [0.2, 0.25) is 0 Å². The Hall–Kier alpha value is 0.290. The lowest BCUT2D eigenvalue weighted by Gasteiger charge is -1.95. The van der Waals surface area contributed by atoms with Crippen LogP contribution >= 0.6 is 22.6 Å². The molecule has 0 rings (SSSR count). The van der Waals surface area contributed by atoms with Gasteiger partial charge in [-0.15, -0.1) is 11.8 Å². The lowest BCUT2D eigenvalue weighted by atomic mass is 10.1. The average molecular weight is 222 g/mol. The Labute approximate surface area is 65.2 Å². The molecular weight excluding hydrogens is 211 g/mol. The predicted molar refractivity (Wildman–Crippen MR) is 46.1 cm³/mol. The van der Waals surface area contributed by atoms with Gasteiger partial charge < -0.3 is 0 Å². The van der Waals surface area contributed by atoms with Crippen molar-refractivity contribution in [3.63, 3.8) is 0 Å². The summed E-state index contributed by atoms with van der Waals surface area (Å²) in [5.74, 6) is 6.58. The summed E-state index contributed by atoms with van der Waals surface area (Å²) in [7, 11) is 0. The van der Waals surface area contributed by atoms with Crippen LogP contribution in [0, 0.1) is 17.8 Å². The van der Waals surface area contributed by atoms with Crippen molar-refractivity contribution >= 4 is 22.6 Å². The molecule has 0 aliphatic carbocycles. The first kappa shape index (κ1) is 8.29. The Kier molecular flexibility index (Phi) is 5.62. The number of hydrogen-bond donors (Lipinski definition) is 0. The summed E-state index contributed by atoms with van der Waals surface area (Å²) >= 11 is 2.37. The van der Waals surface area contributed by atoms with E-state index in [1.165, 1.54) is 10.8 Å². The lowest BCUT2D eigenvalue weighted by molar-refractivity contribution is 0.738. The molecule has 0 saturated heterocycles. The second-order valence-corrected chi connectivity index (χ2v) is 2.85. The first-order chi connectivity index (χ1) is 3.81. The molecule has 0 saturated carbocycles. The Morgan fingerprint density at radius 3 is 2.62 bits per heavy atom. The van der Waals surface area contributed by atoms with E-state index >= 15 is 0 Å². The van der Waals surface area contributed by atoms with Gasteiger partial charge in [0, 0.05) is 10.3 Å². The molecule has 0 spiro atoms. The second-order valence-electron chi connectivity index (χ2n) is 1.77. The van der Waals surface area contributed by atoms with Gasteiger partial charge in [-0.05, 0) is 13.3 Å². The Morgan fingerprint density at radius 1 is 1.62 bits per heavy atom. The summed E-state index contributed by atoms with van der Waals surface area (Å²) in [4.78, 5) is 0. The van der Waals surface area contributed by atoms with E-state index in [1.807, 2.05) is 6.92 Å². The fourth-order valence-electron chi connectivity index (χ4n) is 0.482. The van der Waals surface area contributed by atoms with E-state index in [4.69, 9.17) is 0 Å². The molecule has 0 aliphatic rings. The van der Waals surface area contributed by atoms with Crippen LogP contribution in [0.5, 0.6) is 0 Å². The monoisotopic (exact) mass is 222 g/mol. The fourth-order valence-corrected chi connectivity index (χ4v) is 1.42. The van der Waals surface area contributed by atoms with Crippen LogP contribution in [-0.4, -0.2) is 4.43 Å². The highest BCUT2D eigenvalue weighted by molar-refractivity contribution is 14.1. The van der Waals surface area contributed by atoms with Gasteiger partial charge in [-0.3, -0.25) is 0 Å². The van der Waals surface area contributed by atoms with Crippen LogP contribution in [0.4, 0.5) is 0 Å². The summed E-state index contributed by atoms with van der Waals surface area (Å²) < 4.78 is 1.22. The van der Waals surface area contributed by atoms with E-state index in [0.29, 0.717) is 5.92 Å². The van der Waals surface area contributed by atoms with Gasteiger partial charge in [0.25, 0.3) is 0 Å². The molecule has 1 unspecified atom stereocenters. The highest BCUT2D eigenvalue weighted by atomic mass is 127. The van der Waals surface area contributed by atoms with E-state index in [-0.39, 0.29) is 0 Å². The van der Waals surface area contributed by atoms with Crippen LogP contribution in [0.3, 0.4) is 0 Å². The van der Waals surface area contributed by atoms with Gasteiger partial charge >= 0.3 is 0 Å². The van der Waals surface area contributed by atoms with Crippen molar-refractivity contribution in [3.05, 3.63) is 0 Å².